The first-order valence-corrected chi connectivity index (χ1v) is 15.3. The number of hydrogen-bond acceptors (Lipinski definition) is 4. The van der Waals surface area contributed by atoms with Crippen LogP contribution in [-0.2, 0) is 8.85 Å². The molecule has 0 aliphatic rings. The first kappa shape index (κ1) is 25.8. The first-order chi connectivity index (χ1) is 11.6. The summed E-state index contributed by atoms with van der Waals surface area (Å²) < 4.78 is 13.3. The maximum absolute atomic E-state index is 9.27. The van der Waals surface area contributed by atoms with Crippen LogP contribution in [0.2, 0.25) is 36.3 Å². The molecule has 26 heavy (non-hydrogen) atoms. The van der Waals surface area contributed by atoms with Crippen LogP contribution >= 0.6 is 0 Å². The van der Waals surface area contributed by atoms with Gasteiger partial charge in [0.1, 0.15) is 0 Å². The van der Waals surface area contributed by atoms with Crippen LogP contribution in [0.15, 0.2) is 24.3 Å². The van der Waals surface area contributed by atoms with E-state index in [1.54, 1.807) is 12.2 Å². The molecule has 0 saturated heterocycles. The Bertz CT molecular complexity index is 427. The minimum Gasteiger partial charge on any atom is -0.408 e. The molecule has 0 aromatic heterocycles. The Balaban J connectivity index is 5.84. The minimum absolute atomic E-state index is 0.0338. The van der Waals surface area contributed by atoms with Crippen LogP contribution in [0, 0.1) is 0 Å². The smallest absolute Gasteiger partial charge is 0.193 e. The summed E-state index contributed by atoms with van der Waals surface area (Å²) in [6.07, 6.45) is 6.65. The molecule has 0 aliphatic heterocycles. The molecule has 4 nitrogen and oxygen atoms in total. The van der Waals surface area contributed by atoms with Crippen LogP contribution in [0.3, 0.4) is 0 Å². The summed E-state index contributed by atoms with van der Waals surface area (Å²) in [7, 11) is -4.07. The average Bonchev–Trinajstić information content (AvgIpc) is 2.45. The van der Waals surface area contributed by atoms with Crippen molar-refractivity contribution in [3.8, 4) is 0 Å². The molecule has 0 spiro atoms. The van der Waals surface area contributed by atoms with Gasteiger partial charge in [0.2, 0.25) is 0 Å². The number of hydrogen-bond donors (Lipinski definition) is 2. The van der Waals surface area contributed by atoms with Gasteiger partial charge in [0.05, 0.1) is 25.4 Å². The van der Waals surface area contributed by atoms with Crippen molar-refractivity contribution in [2.24, 2.45) is 0 Å². The molecular weight excluding hydrogens is 360 g/mol. The Morgan fingerprint density at radius 2 is 0.962 bits per heavy atom. The predicted octanol–water partition coefficient (Wildman–Crippen LogP) is 4.86. The van der Waals surface area contributed by atoms with Gasteiger partial charge < -0.3 is 19.1 Å². The number of rotatable bonds is 9. The fourth-order valence-electron chi connectivity index (χ4n) is 1.86. The van der Waals surface area contributed by atoms with E-state index in [-0.39, 0.29) is 35.5 Å². The lowest BCUT2D eigenvalue weighted by atomic mass is 10.2. The van der Waals surface area contributed by atoms with Crippen LogP contribution in [0.1, 0.15) is 41.5 Å². The largest absolute Gasteiger partial charge is 0.408 e. The highest BCUT2D eigenvalue weighted by molar-refractivity contribution is 6.74. The minimum atomic E-state index is -2.04. The Morgan fingerprint density at radius 3 is 1.15 bits per heavy atom. The van der Waals surface area contributed by atoms with E-state index < -0.39 is 16.6 Å². The molecular formula is C20H42O4Si2. The summed E-state index contributed by atoms with van der Waals surface area (Å²) in [4.78, 5) is 0. The maximum atomic E-state index is 9.27. The predicted molar refractivity (Wildman–Crippen MR) is 117 cm³/mol. The van der Waals surface area contributed by atoms with Crippen LogP contribution in [0.25, 0.3) is 0 Å². The van der Waals surface area contributed by atoms with E-state index in [1.807, 2.05) is 12.2 Å². The van der Waals surface area contributed by atoms with Gasteiger partial charge in [-0.05, 0) is 36.3 Å². The van der Waals surface area contributed by atoms with Crippen molar-refractivity contribution >= 4 is 16.6 Å². The Labute approximate surface area is 163 Å². The molecule has 154 valence electrons. The van der Waals surface area contributed by atoms with Gasteiger partial charge in [0.15, 0.2) is 16.6 Å². The van der Waals surface area contributed by atoms with E-state index in [0.717, 1.165) is 0 Å². The van der Waals surface area contributed by atoms with Gasteiger partial charge in [-0.15, -0.1) is 0 Å². The second-order valence-electron chi connectivity index (χ2n) is 9.91. The highest BCUT2D eigenvalue weighted by atomic mass is 28.4. The van der Waals surface area contributed by atoms with Crippen LogP contribution < -0.4 is 0 Å². The summed E-state index contributed by atoms with van der Waals surface area (Å²) in [5.74, 6) is 0. The normalized spacial score (nSPS) is 17.2. The zero-order chi connectivity index (χ0) is 20.8. The lowest BCUT2D eigenvalue weighted by Gasteiger charge is -2.43. The molecule has 0 rings (SSSR count). The molecule has 2 N–H and O–H groups in total. The second-order valence-corrected chi connectivity index (χ2v) is 19.4. The summed E-state index contributed by atoms with van der Waals surface area (Å²) in [5, 5.41) is 18.7. The molecule has 0 saturated carbocycles. The zero-order valence-electron chi connectivity index (χ0n) is 18.6. The molecule has 0 unspecified atom stereocenters. The summed E-state index contributed by atoms with van der Waals surface area (Å²) in [6.45, 7) is 22.0. The van der Waals surface area contributed by atoms with Gasteiger partial charge in [-0.25, -0.2) is 0 Å². The molecule has 0 heterocycles. The third-order valence-electron chi connectivity index (χ3n) is 5.66. The van der Waals surface area contributed by atoms with E-state index in [0.29, 0.717) is 0 Å². The SMILES string of the molecule is CC(C)(C)[Si](C)(C)O[C@@H](/C=C/CO)[C@H](/C=C/CO)O[Si](C)(C)C(C)(C)C. The topological polar surface area (TPSA) is 58.9 Å². The summed E-state index contributed by atoms with van der Waals surface area (Å²) in [5.41, 5.74) is 0. The quantitative estimate of drug-likeness (QED) is 0.427. The van der Waals surface area contributed by atoms with Gasteiger partial charge in [0, 0.05) is 0 Å². The molecule has 0 amide bonds. The van der Waals surface area contributed by atoms with Gasteiger partial charge in [-0.1, -0.05) is 65.8 Å². The van der Waals surface area contributed by atoms with E-state index in [2.05, 4.69) is 67.7 Å². The molecule has 0 radical (unpaired) electrons. The Kier molecular flexibility index (Phi) is 9.71. The molecule has 0 fully saturated rings. The monoisotopic (exact) mass is 402 g/mol. The highest BCUT2D eigenvalue weighted by Crippen LogP contribution is 2.40. The van der Waals surface area contributed by atoms with Crippen molar-refractivity contribution in [2.75, 3.05) is 13.2 Å². The molecule has 0 bridgehead atoms. The van der Waals surface area contributed by atoms with Crippen molar-refractivity contribution in [1.82, 2.24) is 0 Å². The van der Waals surface area contributed by atoms with Crippen molar-refractivity contribution in [1.29, 1.82) is 0 Å². The molecule has 0 aromatic carbocycles. The zero-order valence-corrected chi connectivity index (χ0v) is 20.6. The lowest BCUT2D eigenvalue weighted by Crippen LogP contribution is -2.51. The summed E-state index contributed by atoms with van der Waals surface area (Å²) >= 11 is 0. The van der Waals surface area contributed by atoms with Crippen molar-refractivity contribution in [3.05, 3.63) is 24.3 Å². The second kappa shape index (κ2) is 9.80. The third kappa shape index (κ3) is 7.78. The van der Waals surface area contributed by atoms with Crippen molar-refractivity contribution in [2.45, 2.75) is 90.0 Å². The van der Waals surface area contributed by atoms with E-state index in [4.69, 9.17) is 8.85 Å². The Hall–Kier alpha value is -0.246. The maximum Gasteiger partial charge on any atom is 0.193 e. The number of aliphatic hydroxyl groups is 2. The van der Waals surface area contributed by atoms with Gasteiger partial charge in [-0.2, -0.15) is 0 Å². The molecule has 6 heteroatoms. The average molecular weight is 403 g/mol. The van der Waals surface area contributed by atoms with Gasteiger partial charge in [0.25, 0.3) is 0 Å². The van der Waals surface area contributed by atoms with Gasteiger partial charge in [-0.3, -0.25) is 0 Å². The van der Waals surface area contributed by atoms with Crippen molar-refractivity contribution in [3.63, 3.8) is 0 Å². The molecule has 0 aliphatic carbocycles. The fourth-order valence-corrected chi connectivity index (χ4v) is 4.35. The van der Waals surface area contributed by atoms with Crippen molar-refractivity contribution < 1.29 is 19.1 Å². The van der Waals surface area contributed by atoms with E-state index >= 15 is 0 Å². The third-order valence-corrected chi connectivity index (χ3v) is 14.6. The van der Waals surface area contributed by atoms with Gasteiger partial charge >= 0.3 is 0 Å². The molecule has 0 aromatic rings. The fraction of sp³-hybridized carbons (Fsp3) is 0.800. The highest BCUT2D eigenvalue weighted by Gasteiger charge is 2.43. The number of aliphatic hydroxyl groups excluding tert-OH is 2. The lowest BCUT2D eigenvalue weighted by molar-refractivity contribution is 0.0930. The van der Waals surface area contributed by atoms with Crippen LogP contribution in [0.4, 0.5) is 0 Å². The van der Waals surface area contributed by atoms with E-state index in [9.17, 15) is 10.2 Å². The summed E-state index contributed by atoms with van der Waals surface area (Å²) in [6, 6.07) is 0. The standard InChI is InChI=1S/C20H42O4Si2/c1-19(2,3)25(7,8)23-17(13-11-15-21)18(14-12-16-22)24-26(9,10)20(4,5)6/h11-14,17-18,21-22H,15-16H2,1-10H3/b13-11+,14-12+/t17-,18-/m0/s1. The van der Waals surface area contributed by atoms with E-state index in [1.165, 1.54) is 0 Å². The van der Waals surface area contributed by atoms with Crippen LogP contribution in [0.5, 0.6) is 0 Å². The molecule has 2 atom stereocenters. The first-order valence-electron chi connectivity index (χ1n) is 9.50. The van der Waals surface area contributed by atoms with Crippen LogP contribution in [-0.4, -0.2) is 52.3 Å². The Morgan fingerprint density at radius 1 is 0.692 bits per heavy atom.